The topological polar surface area (TPSA) is 102 Å². The van der Waals surface area contributed by atoms with Gasteiger partial charge in [-0.05, 0) is 85.4 Å². The van der Waals surface area contributed by atoms with Gasteiger partial charge in [0.25, 0.3) is 0 Å². The van der Waals surface area contributed by atoms with Crippen LogP contribution in [0.4, 0.5) is 22.8 Å². The third kappa shape index (κ3) is 7.93. The lowest BCUT2D eigenvalue weighted by Crippen LogP contribution is -2.52. The number of carbonyl (C=O) groups is 3. The molecule has 1 aromatic heterocycles. The van der Waals surface area contributed by atoms with Gasteiger partial charge in [0.05, 0.1) is 5.54 Å². The highest BCUT2D eigenvalue weighted by Gasteiger charge is 2.52. The number of ether oxygens (including phenoxy) is 3. The Bertz CT molecular complexity index is 1530. The lowest BCUT2D eigenvalue weighted by atomic mass is 9.95. The summed E-state index contributed by atoms with van der Waals surface area (Å²) in [6.45, 7) is 11.1. The van der Waals surface area contributed by atoms with E-state index in [0.717, 1.165) is 18.9 Å². The summed E-state index contributed by atoms with van der Waals surface area (Å²) in [6.07, 6.45) is 2.52. The fourth-order valence-corrected chi connectivity index (χ4v) is 6.46. The first-order chi connectivity index (χ1) is 22.0. The van der Waals surface area contributed by atoms with E-state index in [1.54, 1.807) is 30.6 Å². The Morgan fingerprint density at radius 1 is 1.02 bits per heavy atom. The van der Waals surface area contributed by atoms with Gasteiger partial charge >= 0.3 is 12.2 Å². The minimum Gasteiger partial charge on any atom is -0.485 e. The Morgan fingerprint density at radius 2 is 1.74 bits per heavy atom. The van der Waals surface area contributed by atoms with Crippen LogP contribution < -0.4 is 4.74 Å². The number of halogens is 3. The monoisotopic (exact) mass is 660 g/mol. The highest BCUT2D eigenvalue weighted by Crippen LogP contribution is 2.49. The van der Waals surface area contributed by atoms with Crippen molar-refractivity contribution in [2.24, 2.45) is 0 Å². The first-order valence-corrected chi connectivity index (χ1v) is 16.0. The van der Waals surface area contributed by atoms with Crippen LogP contribution in [0.3, 0.4) is 0 Å². The molecular formula is C34H43F3N4O6. The largest absolute Gasteiger partial charge is 0.485 e. The maximum absolute atomic E-state index is 15.1. The van der Waals surface area contributed by atoms with E-state index >= 15 is 4.39 Å². The van der Waals surface area contributed by atoms with Crippen molar-refractivity contribution in [1.29, 1.82) is 0 Å². The molecule has 3 amide bonds. The van der Waals surface area contributed by atoms with E-state index in [9.17, 15) is 23.2 Å². The van der Waals surface area contributed by atoms with Crippen LogP contribution in [0.1, 0.15) is 84.3 Å². The van der Waals surface area contributed by atoms with E-state index in [4.69, 9.17) is 14.2 Å². The van der Waals surface area contributed by atoms with Crippen molar-refractivity contribution in [3.8, 4) is 5.75 Å². The average molecular weight is 661 g/mol. The second-order valence-corrected chi connectivity index (χ2v) is 14.6. The van der Waals surface area contributed by atoms with E-state index in [1.807, 2.05) is 20.8 Å². The molecule has 0 radical (unpaired) electrons. The zero-order chi connectivity index (χ0) is 34.3. The molecule has 2 saturated heterocycles. The summed E-state index contributed by atoms with van der Waals surface area (Å²) in [5.74, 6) is -3.74. The number of carbonyl (C=O) groups excluding carboxylic acids is 3. The molecule has 3 aliphatic rings. The highest BCUT2D eigenvalue weighted by molar-refractivity contribution is 5.83. The van der Waals surface area contributed by atoms with Gasteiger partial charge in [-0.25, -0.2) is 23.4 Å². The van der Waals surface area contributed by atoms with Gasteiger partial charge in [-0.3, -0.25) is 9.69 Å². The average Bonchev–Trinajstić information content (AvgIpc) is 3.43. The summed E-state index contributed by atoms with van der Waals surface area (Å²) in [5.41, 5.74) is -1.82. The Morgan fingerprint density at radius 3 is 2.43 bits per heavy atom. The van der Waals surface area contributed by atoms with E-state index < -0.39 is 58.5 Å². The fraction of sp³-hybridized carbons (Fsp3) is 0.588. The number of rotatable bonds is 7. The summed E-state index contributed by atoms with van der Waals surface area (Å²) in [4.78, 5) is 48.5. The van der Waals surface area contributed by atoms with Crippen molar-refractivity contribution in [3.63, 3.8) is 0 Å². The first kappa shape index (κ1) is 34.3. The van der Waals surface area contributed by atoms with Gasteiger partial charge in [0.1, 0.15) is 30.2 Å². The molecule has 13 heteroatoms. The molecule has 0 bridgehead atoms. The van der Waals surface area contributed by atoms with Gasteiger partial charge in [-0.2, -0.15) is 4.39 Å². The third-order valence-electron chi connectivity index (χ3n) is 8.63. The van der Waals surface area contributed by atoms with E-state index in [-0.39, 0.29) is 35.9 Å². The van der Waals surface area contributed by atoms with Crippen LogP contribution in [0.5, 0.6) is 5.75 Å². The van der Waals surface area contributed by atoms with Crippen molar-refractivity contribution in [2.45, 2.75) is 103 Å². The zero-order valence-corrected chi connectivity index (χ0v) is 27.8. The quantitative estimate of drug-likeness (QED) is 0.328. The summed E-state index contributed by atoms with van der Waals surface area (Å²) >= 11 is 0. The number of amides is 3. The number of pyridine rings is 1. The summed E-state index contributed by atoms with van der Waals surface area (Å²) in [5, 5.41) is 0. The molecular weight excluding hydrogens is 617 g/mol. The number of benzene rings is 1. The van der Waals surface area contributed by atoms with Gasteiger partial charge in [0.15, 0.2) is 11.6 Å². The molecule has 1 aromatic carbocycles. The van der Waals surface area contributed by atoms with E-state index in [0.29, 0.717) is 38.5 Å². The number of nitrogens with zero attached hydrogens (tertiary/aromatic N) is 4. The molecule has 10 nitrogen and oxygen atoms in total. The van der Waals surface area contributed by atoms with Gasteiger partial charge in [-0.1, -0.05) is 0 Å². The Kier molecular flexibility index (Phi) is 9.40. The normalized spacial score (nSPS) is 22.4. The molecule has 1 spiro atoms. The fourth-order valence-electron chi connectivity index (χ4n) is 6.46. The SMILES string of the molecule is CC(C)(C)OC(=O)N(CC(=O)N1CCC2(CCCN2C(=O)OC(C)(C)C)C1)[C@@H]1C[C@H]1c1cc(F)cc(F)c1OCc1cccnc1F. The second kappa shape index (κ2) is 12.9. The first-order valence-electron chi connectivity index (χ1n) is 16.0. The lowest BCUT2D eigenvalue weighted by molar-refractivity contribution is -0.132. The summed E-state index contributed by atoms with van der Waals surface area (Å²) in [6, 6.07) is 4.15. The van der Waals surface area contributed by atoms with Crippen LogP contribution >= 0.6 is 0 Å². The van der Waals surface area contributed by atoms with Crippen LogP contribution in [0.25, 0.3) is 0 Å². The summed E-state index contributed by atoms with van der Waals surface area (Å²) in [7, 11) is 0. The predicted molar refractivity (Wildman–Crippen MR) is 165 cm³/mol. The molecule has 3 atom stereocenters. The number of hydrogen-bond acceptors (Lipinski definition) is 7. The van der Waals surface area contributed by atoms with Crippen LogP contribution in [0.15, 0.2) is 30.5 Å². The van der Waals surface area contributed by atoms with Crippen molar-refractivity contribution in [2.75, 3.05) is 26.2 Å². The predicted octanol–water partition coefficient (Wildman–Crippen LogP) is 6.17. The van der Waals surface area contributed by atoms with Crippen LogP contribution in [-0.4, -0.2) is 86.7 Å². The standard InChI is InChI=1S/C34H43F3N4O6/c1-32(2,3)46-30(43)40(18-27(42)39-14-11-34(20-39)10-8-13-41(34)31(44)47-33(4,5)6)26-17-23(26)24-15-22(35)16-25(36)28(24)45-19-21-9-7-12-38-29(21)37/h7,9,12,15-16,23,26H,8,10-11,13-14,17-20H2,1-6H3/t23-,26+,34?/m0/s1. The molecule has 256 valence electrons. The molecule has 2 aromatic rings. The van der Waals surface area contributed by atoms with Crippen molar-refractivity contribution >= 4 is 18.1 Å². The molecule has 3 heterocycles. The molecule has 1 unspecified atom stereocenters. The summed E-state index contributed by atoms with van der Waals surface area (Å²) < 4.78 is 60.7. The number of likely N-dealkylation sites (tertiary alicyclic amines) is 2. The third-order valence-corrected chi connectivity index (χ3v) is 8.63. The zero-order valence-electron chi connectivity index (χ0n) is 27.8. The van der Waals surface area contributed by atoms with E-state index in [2.05, 4.69) is 4.98 Å². The lowest BCUT2D eigenvalue weighted by Gasteiger charge is -2.36. The smallest absolute Gasteiger partial charge is 0.411 e. The van der Waals surface area contributed by atoms with Crippen LogP contribution in [-0.2, 0) is 20.9 Å². The molecule has 0 N–H and O–H groups in total. The van der Waals surface area contributed by atoms with Gasteiger partial charge in [-0.15, -0.1) is 0 Å². The molecule has 2 aliphatic heterocycles. The Balaban J connectivity index is 1.33. The Hall–Kier alpha value is -4.03. The number of aromatic nitrogens is 1. The molecule has 5 rings (SSSR count). The highest BCUT2D eigenvalue weighted by atomic mass is 19.1. The minimum atomic E-state index is -0.969. The van der Waals surface area contributed by atoms with Gasteiger partial charge < -0.3 is 24.0 Å². The maximum Gasteiger partial charge on any atom is 0.411 e. The van der Waals surface area contributed by atoms with Crippen LogP contribution in [0.2, 0.25) is 0 Å². The van der Waals surface area contributed by atoms with Crippen molar-refractivity contribution in [1.82, 2.24) is 19.7 Å². The minimum absolute atomic E-state index is 0.0892. The van der Waals surface area contributed by atoms with Crippen molar-refractivity contribution in [3.05, 3.63) is 59.2 Å². The maximum atomic E-state index is 15.1. The molecule has 47 heavy (non-hydrogen) atoms. The molecule has 1 aliphatic carbocycles. The van der Waals surface area contributed by atoms with Crippen molar-refractivity contribution < 1.29 is 41.8 Å². The van der Waals surface area contributed by atoms with E-state index in [1.165, 1.54) is 23.2 Å². The molecule has 3 fully saturated rings. The number of hydrogen-bond donors (Lipinski definition) is 0. The Labute approximate surface area is 273 Å². The van der Waals surface area contributed by atoms with Crippen LogP contribution in [0, 0.1) is 17.6 Å². The molecule has 1 saturated carbocycles. The van der Waals surface area contributed by atoms with Gasteiger partial charge in [0.2, 0.25) is 11.9 Å². The second-order valence-electron chi connectivity index (χ2n) is 14.6. The van der Waals surface area contributed by atoms with Gasteiger partial charge in [0, 0.05) is 55.0 Å².